The van der Waals surface area contributed by atoms with Gasteiger partial charge in [0.05, 0.1) is 11.7 Å². The predicted octanol–water partition coefficient (Wildman–Crippen LogP) is 2.12. The number of rotatable bonds is 9. The van der Waals surface area contributed by atoms with Crippen molar-refractivity contribution in [3.05, 3.63) is 23.2 Å². The number of hydrogen-bond acceptors (Lipinski definition) is 5. The highest BCUT2D eigenvalue weighted by molar-refractivity contribution is 5.95. The first-order valence-corrected chi connectivity index (χ1v) is 10.5. The maximum atomic E-state index is 13.0. The maximum absolute atomic E-state index is 13.0. The monoisotopic (exact) mass is 391 g/mol. The molecule has 1 aromatic rings. The lowest BCUT2D eigenvalue weighted by Gasteiger charge is -2.25. The number of nitrogens with one attached hydrogen (secondary N) is 1. The minimum atomic E-state index is -0.0882. The van der Waals surface area contributed by atoms with Gasteiger partial charge in [-0.05, 0) is 58.7 Å². The zero-order chi connectivity index (χ0) is 19.9. The maximum Gasteiger partial charge on any atom is 0.257 e. The van der Waals surface area contributed by atoms with Crippen LogP contribution in [0.2, 0.25) is 0 Å². The van der Waals surface area contributed by atoms with Gasteiger partial charge in [0.1, 0.15) is 11.5 Å². The molecule has 2 aliphatic heterocycles. The number of amides is 2. The van der Waals surface area contributed by atoms with Gasteiger partial charge < -0.3 is 24.3 Å². The predicted molar refractivity (Wildman–Crippen MR) is 106 cm³/mol. The fourth-order valence-corrected chi connectivity index (χ4v) is 4.01. The van der Waals surface area contributed by atoms with Crippen molar-refractivity contribution < 1.29 is 18.7 Å². The lowest BCUT2D eigenvalue weighted by molar-refractivity contribution is -0.121. The molecule has 0 aromatic carbocycles. The molecule has 3 rings (SSSR count). The zero-order valence-corrected chi connectivity index (χ0v) is 17.2. The molecule has 0 spiro atoms. The van der Waals surface area contributed by atoms with Crippen LogP contribution in [0.5, 0.6) is 0 Å². The van der Waals surface area contributed by atoms with Gasteiger partial charge >= 0.3 is 0 Å². The summed E-state index contributed by atoms with van der Waals surface area (Å²) in [6, 6.07) is 1.77. The number of furan rings is 1. The molecule has 2 fully saturated rings. The molecule has 1 aromatic heterocycles. The minimum absolute atomic E-state index is 0.00978. The fourth-order valence-electron chi connectivity index (χ4n) is 4.01. The SMILES string of the molecule is Cc1cc(C(=O)N(CCC(=O)NCCN2CCCC2)CC2CCCO2)c(C)o1. The van der Waals surface area contributed by atoms with Crippen molar-refractivity contribution in [2.45, 2.75) is 52.1 Å². The van der Waals surface area contributed by atoms with Crippen molar-refractivity contribution in [1.82, 2.24) is 15.1 Å². The van der Waals surface area contributed by atoms with Crippen LogP contribution in [0.3, 0.4) is 0 Å². The van der Waals surface area contributed by atoms with Gasteiger partial charge in [0.2, 0.25) is 5.91 Å². The molecule has 0 saturated carbocycles. The Morgan fingerprint density at radius 3 is 2.68 bits per heavy atom. The lowest BCUT2D eigenvalue weighted by Crippen LogP contribution is -2.40. The molecule has 7 nitrogen and oxygen atoms in total. The first-order chi connectivity index (χ1) is 13.5. The molecule has 2 saturated heterocycles. The van der Waals surface area contributed by atoms with Gasteiger partial charge in [0.25, 0.3) is 5.91 Å². The van der Waals surface area contributed by atoms with E-state index in [4.69, 9.17) is 9.15 Å². The molecular formula is C21H33N3O4. The van der Waals surface area contributed by atoms with Gasteiger partial charge in [0, 0.05) is 39.2 Å². The van der Waals surface area contributed by atoms with E-state index < -0.39 is 0 Å². The summed E-state index contributed by atoms with van der Waals surface area (Å²) in [6.45, 7) is 9.11. The van der Waals surface area contributed by atoms with Gasteiger partial charge in [-0.3, -0.25) is 9.59 Å². The molecule has 0 aliphatic carbocycles. The highest BCUT2D eigenvalue weighted by Gasteiger charge is 2.26. The van der Waals surface area contributed by atoms with Crippen molar-refractivity contribution in [2.24, 2.45) is 0 Å². The Morgan fingerprint density at radius 2 is 2.04 bits per heavy atom. The average Bonchev–Trinajstić information content (AvgIpc) is 3.41. The summed E-state index contributed by atoms with van der Waals surface area (Å²) >= 11 is 0. The van der Waals surface area contributed by atoms with E-state index in [2.05, 4.69) is 10.2 Å². The van der Waals surface area contributed by atoms with E-state index in [1.165, 1.54) is 12.8 Å². The van der Waals surface area contributed by atoms with Crippen LogP contribution < -0.4 is 5.32 Å². The van der Waals surface area contributed by atoms with Gasteiger partial charge in [0.15, 0.2) is 0 Å². The molecule has 2 aliphatic rings. The van der Waals surface area contributed by atoms with E-state index >= 15 is 0 Å². The van der Waals surface area contributed by atoms with Gasteiger partial charge in [-0.1, -0.05) is 0 Å². The van der Waals surface area contributed by atoms with Crippen molar-refractivity contribution in [3.8, 4) is 0 Å². The number of ether oxygens (including phenoxy) is 1. The van der Waals surface area contributed by atoms with E-state index in [1.807, 2.05) is 6.92 Å². The Labute approximate surface area is 167 Å². The quantitative estimate of drug-likeness (QED) is 0.698. The first kappa shape index (κ1) is 20.9. The smallest absolute Gasteiger partial charge is 0.257 e. The highest BCUT2D eigenvalue weighted by Crippen LogP contribution is 2.19. The van der Waals surface area contributed by atoms with Crippen LogP contribution in [0, 0.1) is 13.8 Å². The molecule has 0 bridgehead atoms. The third kappa shape index (κ3) is 5.82. The molecule has 1 atom stereocenters. The van der Waals surface area contributed by atoms with Crippen LogP contribution in [-0.2, 0) is 9.53 Å². The van der Waals surface area contributed by atoms with E-state index in [0.717, 1.165) is 44.8 Å². The largest absolute Gasteiger partial charge is 0.466 e. The van der Waals surface area contributed by atoms with Crippen LogP contribution in [0.1, 0.15) is 54.0 Å². The Hall–Kier alpha value is -1.86. The van der Waals surface area contributed by atoms with E-state index in [0.29, 0.717) is 37.4 Å². The van der Waals surface area contributed by atoms with Gasteiger partial charge in [-0.2, -0.15) is 0 Å². The summed E-state index contributed by atoms with van der Waals surface area (Å²) in [7, 11) is 0. The van der Waals surface area contributed by atoms with Crippen molar-refractivity contribution in [1.29, 1.82) is 0 Å². The molecule has 3 heterocycles. The summed E-state index contributed by atoms with van der Waals surface area (Å²) in [5.74, 6) is 1.24. The second-order valence-corrected chi connectivity index (χ2v) is 7.86. The molecule has 2 amide bonds. The number of hydrogen-bond donors (Lipinski definition) is 1. The number of nitrogens with zero attached hydrogens (tertiary/aromatic N) is 2. The van der Waals surface area contributed by atoms with Crippen molar-refractivity contribution in [2.75, 3.05) is 45.9 Å². The fraction of sp³-hybridized carbons (Fsp3) is 0.714. The third-order valence-corrected chi connectivity index (χ3v) is 5.56. The molecule has 1 N–H and O–H groups in total. The summed E-state index contributed by atoms with van der Waals surface area (Å²) in [5, 5.41) is 2.98. The lowest BCUT2D eigenvalue weighted by atomic mass is 10.1. The Balaban J connectivity index is 1.51. The topological polar surface area (TPSA) is 75.0 Å². The van der Waals surface area contributed by atoms with Gasteiger partial charge in [-0.15, -0.1) is 0 Å². The molecule has 7 heteroatoms. The number of aryl methyl sites for hydroxylation is 2. The van der Waals surface area contributed by atoms with Gasteiger partial charge in [-0.25, -0.2) is 0 Å². The van der Waals surface area contributed by atoms with Crippen molar-refractivity contribution >= 4 is 11.8 Å². The molecule has 1 unspecified atom stereocenters. The van der Waals surface area contributed by atoms with Crippen molar-refractivity contribution in [3.63, 3.8) is 0 Å². The molecule has 156 valence electrons. The first-order valence-electron chi connectivity index (χ1n) is 10.5. The van der Waals surface area contributed by atoms with Crippen LogP contribution in [-0.4, -0.2) is 73.6 Å². The average molecular weight is 392 g/mol. The van der Waals surface area contributed by atoms with E-state index in [1.54, 1.807) is 17.9 Å². The standard InChI is InChI=1S/C21H33N3O4/c1-16-14-19(17(2)28-16)21(26)24(15-18-6-5-13-27-18)11-7-20(25)22-8-12-23-9-3-4-10-23/h14,18H,3-13,15H2,1-2H3,(H,22,25). The second-order valence-electron chi connectivity index (χ2n) is 7.86. The second kappa shape index (κ2) is 10.1. The number of carbonyl (C=O) groups excluding carboxylic acids is 2. The van der Waals surface area contributed by atoms with Crippen LogP contribution in [0.25, 0.3) is 0 Å². The Kier molecular flexibility index (Phi) is 7.50. The normalized spacial score (nSPS) is 19.9. The van der Waals surface area contributed by atoms with Crippen LogP contribution >= 0.6 is 0 Å². The zero-order valence-electron chi connectivity index (χ0n) is 17.2. The summed E-state index contributed by atoms with van der Waals surface area (Å²) in [5.41, 5.74) is 0.574. The Morgan fingerprint density at radius 1 is 1.25 bits per heavy atom. The van der Waals surface area contributed by atoms with Crippen LogP contribution in [0.15, 0.2) is 10.5 Å². The molecule has 28 heavy (non-hydrogen) atoms. The third-order valence-electron chi connectivity index (χ3n) is 5.56. The molecule has 0 radical (unpaired) electrons. The summed E-state index contributed by atoms with van der Waals surface area (Å²) in [6.07, 6.45) is 4.83. The Bertz CT molecular complexity index is 661. The van der Waals surface area contributed by atoms with E-state index in [9.17, 15) is 9.59 Å². The summed E-state index contributed by atoms with van der Waals surface area (Å²) < 4.78 is 11.2. The van der Waals surface area contributed by atoms with Crippen LogP contribution in [0.4, 0.5) is 0 Å². The minimum Gasteiger partial charge on any atom is -0.466 e. The van der Waals surface area contributed by atoms with E-state index in [-0.39, 0.29) is 17.9 Å². The summed E-state index contributed by atoms with van der Waals surface area (Å²) in [4.78, 5) is 29.4. The number of carbonyl (C=O) groups is 2. The highest BCUT2D eigenvalue weighted by atomic mass is 16.5. The molecular weight excluding hydrogens is 358 g/mol. The number of likely N-dealkylation sites (tertiary alicyclic amines) is 1.